The lowest BCUT2D eigenvalue weighted by Crippen LogP contribution is -2.49. The first-order valence-electron chi connectivity index (χ1n) is 15.4. The number of nitrogens with one attached hydrogen (secondary N) is 1. The molecule has 232 valence electrons. The van der Waals surface area contributed by atoms with Crippen molar-refractivity contribution in [3.63, 3.8) is 0 Å². The van der Waals surface area contributed by atoms with Gasteiger partial charge in [0.05, 0.1) is 24.5 Å². The van der Waals surface area contributed by atoms with E-state index < -0.39 is 33.4 Å². The number of hydrogen-bond donors (Lipinski definition) is 2. The maximum Gasteiger partial charge on any atom is 0.264 e. The molecule has 8 nitrogen and oxygen atoms in total. The van der Waals surface area contributed by atoms with Crippen LogP contribution in [-0.2, 0) is 26.6 Å². The fourth-order valence-electron chi connectivity index (χ4n) is 7.65. The molecule has 2 aliphatic heterocycles. The van der Waals surface area contributed by atoms with Crippen molar-refractivity contribution in [3.8, 4) is 5.75 Å². The number of sulfonamides is 1. The molecule has 0 radical (unpaired) electrons. The number of halogens is 1. The van der Waals surface area contributed by atoms with Crippen molar-refractivity contribution in [2.45, 2.75) is 74.7 Å². The van der Waals surface area contributed by atoms with E-state index in [4.69, 9.17) is 21.1 Å². The summed E-state index contributed by atoms with van der Waals surface area (Å²) in [4.78, 5) is 15.8. The van der Waals surface area contributed by atoms with Gasteiger partial charge in [-0.2, -0.15) is 0 Å². The second-order valence-corrected chi connectivity index (χ2v) is 15.0. The molecule has 2 bridgehead atoms. The number of amides is 1. The number of carbonyl (C=O) groups is 1. The highest BCUT2D eigenvalue weighted by Gasteiger charge is 2.44. The number of ether oxygens (including phenoxy) is 2. The molecule has 4 aliphatic rings. The molecule has 2 aliphatic carbocycles. The summed E-state index contributed by atoms with van der Waals surface area (Å²) in [6.45, 7) is 3.63. The van der Waals surface area contributed by atoms with Gasteiger partial charge in [-0.3, -0.25) is 4.79 Å². The quantitative estimate of drug-likeness (QED) is 0.450. The number of methoxy groups -OCH3 is 1. The van der Waals surface area contributed by atoms with Gasteiger partial charge in [-0.15, -0.1) is 0 Å². The lowest BCUT2D eigenvalue weighted by molar-refractivity contribution is 0.0451. The molecule has 0 saturated heterocycles. The maximum atomic E-state index is 13.5. The molecule has 0 aromatic heterocycles. The summed E-state index contributed by atoms with van der Waals surface area (Å²) >= 11 is 6.39. The topological polar surface area (TPSA) is 105 Å². The van der Waals surface area contributed by atoms with Gasteiger partial charge in [-0.1, -0.05) is 36.7 Å². The van der Waals surface area contributed by atoms with Gasteiger partial charge in [0.2, 0.25) is 10.0 Å². The molecule has 6 rings (SSSR count). The van der Waals surface area contributed by atoms with Gasteiger partial charge in [0.25, 0.3) is 5.91 Å². The standard InChI is InChI=1S/C33H41ClN2O6S/c1-3-31-30(41-2)8-4-7-28(37)25-12-9-23(25)18-36-19-33(15-5-6-21-16-24(34)11-13-26(21)33)20-42-29-14-10-22(17-27(29)36)32(38)35-43(31,39)40/h4,7,10-11,13-14,16-17,23,25,28,30-31,37H,3,5-6,8-9,12,15,18-20H2,1-2H3,(H,35,38)/b7-4+/t23-,25+,28-,30?,31-,33-/m0/s1. The predicted molar refractivity (Wildman–Crippen MR) is 167 cm³/mol. The Morgan fingerprint density at radius 3 is 2.79 bits per heavy atom. The summed E-state index contributed by atoms with van der Waals surface area (Å²) in [6.07, 6.45) is 7.74. The van der Waals surface area contributed by atoms with E-state index in [1.165, 1.54) is 18.2 Å². The van der Waals surface area contributed by atoms with Crippen molar-refractivity contribution in [2.24, 2.45) is 11.8 Å². The van der Waals surface area contributed by atoms with Gasteiger partial charge in [-0.25, -0.2) is 13.1 Å². The third kappa shape index (κ3) is 5.81. The van der Waals surface area contributed by atoms with Crippen molar-refractivity contribution in [2.75, 3.05) is 31.7 Å². The first-order valence-corrected chi connectivity index (χ1v) is 17.3. The normalized spacial score (nSPS) is 32.8. The monoisotopic (exact) mass is 628 g/mol. The Balaban J connectivity index is 1.42. The van der Waals surface area contributed by atoms with Crippen LogP contribution in [0.25, 0.3) is 0 Å². The third-order valence-electron chi connectivity index (χ3n) is 10.1. The van der Waals surface area contributed by atoms with E-state index in [1.54, 1.807) is 31.2 Å². The lowest BCUT2D eigenvalue weighted by atomic mass is 9.68. The number of hydrogen-bond acceptors (Lipinski definition) is 7. The highest BCUT2D eigenvalue weighted by molar-refractivity contribution is 7.90. The number of carbonyl (C=O) groups excluding carboxylic acids is 1. The van der Waals surface area contributed by atoms with Crippen LogP contribution < -0.4 is 14.4 Å². The van der Waals surface area contributed by atoms with Gasteiger partial charge >= 0.3 is 0 Å². The molecule has 10 heteroatoms. The van der Waals surface area contributed by atoms with Crippen LogP contribution in [0.1, 0.15) is 66.9 Å². The van der Waals surface area contributed by atoms with Crippen LogP contribution in [0.15, 0.2) is 48.6 Å². The van der Waals surface area contributed by atoms with Crippen molar-refractivity contribution in [3.05, 3.63) is 70.3 Å². The second-order valence-electron chi connectivity index (χ2n) is 12.6. The highest BCUT2D eigenvalue weighted by Crippen LogP contribution is 2.46. The number of aliphatic hydroxyl groups is 1. The summed E-state index contributed by atoms with van der Waals surface area (Å²) in [5.74, 6) is 0.333. The molecule has 2 aromatic carbocycles. The Bertz CT molecular complexity index is 1510. The predicted octanol–water partition coefficient (Wildman–Crippen LogP) is 5.01. The second kappa shape index (κ2) is 12.1. The zero-order valence-electron chi connectivity index (χ0n) is 24.8. The van der Waals surface area contributed by atoms with Crippen LogP contribution in [0.4, 0.5) is 5.69 Å². The first kappa shape index (κ1) is 30.4. The number of aryl methyl sites for hydroxylation is 1. The molecule has 1 saturated carbocycles. The van der Waals surface area contributed by atoms with Crippen LogP contribution in [0.2, 0.25) is 5.02 Å². The number of nitrogens with zero attached hydrogens (tertiary/aromatic N) is 1. The summed E-state index contributed by atoms with van der Waals surface area (Å²) in [7, 11) is -2.59. The zero-order valence-corrected chi connectivity index (χ0v) is 26.4. The Morgan fingerprint density at radius 2 is 2.05 bits per heavy atom. The average molecular weight is 629 g/mol. The van der Waals surface area contributed by atoms with E-state index in [2.05, 4.69) is 21.8 Å². The Morgan fingerprint density at radius 1 is 1.21 bits per heavy atom. The minimum Gasteiger partial charge on any atom is -0.490 e. The summed E-state index contributed by atoms with van der Waals surface area (Å²) in [5, 5.41) is 11.0. The van der Waals surface area contributed by atoms with Gasteiger partial charge in [0, 0.05) is 36.2 Å². The zero-order chi connectivity index (χ0) is 30.4. The average Bonchev–Trinajstić information content (AvgIpc) is 3.10. The number of aliphatic hydroxyl groups excluding tert-OH is 1. The Kier molecular flexibility index (Phi) is 8.54. The summed E-state index contributed by atoms with van der Waals surface area (Å²) in [6, 6.07) is 11.3. The fraction of sp³-hybridized carbons (Fsp3) is 0.545. The molecule has 2 N–H and O–H groups in total. The van der Waals surface area contributed by atoms with Gasteiger partial charge < -0.3 is 19.5 Å². The Labute approximate surface area is 259 Å². The van der Waals surface area contributed by atoms with Gasteiger partial charge in [0.15, 0.2) is 0 Å². The van der Waals surface area contributed by atoms with Crippen molar-refractivity contribution < 1.29 is 27.8 Å². The van der Waals surface area contributed by atoms with Crippen LogP contribution in [0, 0.1) is 11.8 Å². The molecule has 1 fully saturated rings. The first-order chi connectivity index (χ1) is 20.6. The van der Waals surface area contributed by atoms with E-state index in [0.717, 1.165) is 42.8 Å². The molecular weight excluding hydrogens is 588 g/mol. The minimum atomic E-state index is -4.06. The van der Waals surface area contributed by atoms with Crippen LogP contribution in [0.5, 0.6) is 5.75 Å². The van der Waals surface area contributed by atoms with E-state index in [1.807, 2.05) is 12.1 Å². The molecule has 1 amide bonds. The number of benzene rings is 2. The van der Waals surface area contributed by atoms with Gasteiger partial charge in [-0.05, 0) is 98.2 Å². The minimum absolute atomic E-state index is 0.0864. The summed E-state index contributed by atoms with van der Waals surface area (Å²) in [5.41, 5.74) is 3.25. The maximum absolute atomic E-state index is 13.5. The molecule has 2 heterocycles. The van der Waals surface area contributed by atoms with Gasteiger partial charge in [0.1, 0.15) is 11.0 Å². The van der Waals surface area contributed by atoms with Crippen molar-refractivity contribution in [1.29, 1.82) is 0 Å². The smallest absolute Gasteiger partial charge is 0.264 e. The van der Waals surface area contributed by atoms with Crippen molar-refractivity contribution in [1.82, 2.24) is 4.72 Å². The Hall–Kier alpha value is -2.59. The third-order valence-corrected chi connectivity index (χ3v) is 12.3. The molecule has 1 spiro atoms. The number of anilines is 1. The van der Waals surface area contributed by atoms with Crippen LogP contribution in [0.3, 0.4) is 0 Å². The molecule has 6 atom stereocenters. The van der Waals surface area contributed by atoms with Crippen LogP contribution >= 0.6 is 11.6 Å². The fourth-order valence-corrected chi connectivity index (χ4v) is 9.43. The largest absolute Gasteiger partial charge is 0.490 e. The van der Waals surface area contributed by atoms with E-state index in [-0.39, 0.29) is 29.2 Å². The highest BCUT2D eigenvalue weighted by atomic mass is 35.5. The molecule has 43 heavy (non-hydrogen) atoms. The molecular formula is C33H41ClN2O6S. The number of rotatable bonds is 2. The molecule has 1 unspecified atom stereocenters. The lowest BCUT2D eigenvalue weighted by Gasteiger charge is -2.45. The van der Waals surface area contributed by atoms with E-state index in [0.29, 0.717) is 31.9 Å². The number of fused-ring (bicyclic) bond motifs is 4. The summed E-state index contributed by atoms with van der Waals surface area (Å²) < 4.78 is 41.3. The van der Waals surface area contributed by atoms with E-state index in [9.17, 15) is 18.3 Å². The van der Waals surface area contributed by atoms with E-state index >= 15 is 0 Å². The SMILES string of the molecule is CC[C@H]1C(OC)C/C=C/[C@H](O)[C@@H]2CC[C@H]2CN2C[C@@]3(CCCc4cc(Cl)ccc43)COc3ccc(cc32)C(=O)NS1(=O)=O. The van der Waals surface area contributed by atoms with Crippen molar-refractivity contribution >= 4 is 33.2 Å². The molecule has 2 aromatic rings. The van der Waals surface area contributed by atoms with Crippen LogP contribution in [-0.4, -0.2) is 63.7 Å².